The molecule has 0 saturated heterocycles. The van der Waals surface area contributed by atoms with Gasteiger partial charge in [0.15, 0.2) is 11.6 Å². The lowest BCUT2D eigenvalue weighted by Crippen LogP contribution is -2.16. The first-order chi connectivity index (χ1) is 17.8. The fourth-order valence-electron chi connectivity index (χ4n) is 3.86. The van der Waals surface area contributed by atoms with Crippen LogP contribution in [0, 0.1) is 6.92 Å². The average Bonchev–Trinajstić information content (AvgIpc) is 2.90. The third-order valence-electron chi connectivity index (χ3n) is 5.92. The summed E-state index contributed by atoms with van der Waals surface area (Å²) in [5.74, 6) is -2.00. The molecule has 37 heavy (non-hydrogen) atoms. The van der Waals surface area contributed by atoms with E-state index < -0.39 is 11.9 Å². The number of benzene rings is 4. The van der Waals surface area contributed by atoms with Gasteiger partial charge in [0.05, 0.1) is 5.56 Å². The third kappa shape index (κ3) is 6.64. The molecule has 0 aliphatic heterocycles. The van der Waals surface area contributed by atoms with Crippen molar-refractivity contribution in [3.63, 3.8) is 0 Å². The Hall–Kier alpha value is -4.84. The number of hydrogen-bond donors (Lipinski definition) is 2. The molecule has 0 bridgehead atoms. The normalized spacial score (nSPS) is 10.5. The highest BCUT2D eigenvalue weighted by Gasteiger charge is 2.18. The van der Waals surface area contributed by atoms with Gasteiger partial charge in [-0.3, -0.25) is 14.4 Å². The number of hydrogen-bond acceptors (Lipinski definition) is 4. The summed E-state index contributed by atoms with van der Waals surface area (Å²) < 4.78 is 0. The topological polar surface area (TPSA) is 101 Å². The smallest absolute Gasteiger partial charge is 0.335 e. The van der Waals surface area contributed by atoms with Crippen molar-refractivity contribution in [1.29, 1.82) is 0 Å². The maximum atomic E-state index is 13.2. The Bertz CT molecular complexity index is 1460. The molecule has 4 aromatic carbocycles. The Morgan fingerprint density at radius 3 is 1.68 bits per heavy atom. The van der Waals surface area contributed by atoms with Crippen LogP contribution in [0.1, 0.15) is 58.1 Å². The fraction of sp³-hybridized carbons (Fsp3) is 0.0968. The lowest BCUT2D eigenvalue weighted by Gasteiger charge is -2.11. The fourth-order valence-corrected chi connectivity index (χ4v) is 3.86. The van der Waals surface area contributed by atoms with Crippen LogP contribution in [0.25, 0.3) is 0 Å². The maximum Gasteiger partial charge on any atom is 0.335 e. The molecule has 6 heteroatoms. The summed E-state index contributed by atoms with van der Waals surface area (Å²) in [5.41, 5.74) is 3.93. The quantitative estimate of drug-likeness (QED) is 0.288. The molecule has 0 aliphatic rings. The van der Waals surface area contributed by atoms with Gasteiger partial charge in [-0.05, 0) is 60.5 Å². The molecule has 0 aromatic heterocycles. The number of carbonyl (C=O) groups is 4. The second-order valence-electron chi connectivity index (χ2n) is 8.81. The van der Waals surface area contributed by atoms with E-state index in [4.69, 9.17) is 5.11 Å². The monoisotopic (exact) mass is 491 g/mol. The molecular weight excluding hydrogens is 466 g/mol. The minimum absolute atomic E-state index is 0.0930. The minimum atomic E-state index is -1.07. The van der Waals surface area contributed by atoms with E-state index in [1.807, 2.05) is 61.5 Å². The minimum Gasteiger partial charge on any atom is -0.478 e. The summed E-state index contributed by atoms with van der Waals surface area (Å²) in [6, 6.07) is 27.1. The van der Waals surface area contributed by atoms with E-state index in [2.05, 4.69) is 5.32 Å². The zero-order valence-electron chi connectivity index (χ0n) is 20.2. The van der Waals surface area contributed by atoms with Crippen molar-refractivity contribution in [2.45, 2.75) is 19.8 Å². The second-order valence-corrected chi connectivity index (χ2v) is 8.81. The van der Waals surface area contributed by atoms with Crippen LogP contribution >= 0.6 is 0 Å². The van der Waals surface area contributed by atoms with Crippen LogP contribution in [0.2, 0.25) is 0 Å². The molecule has 0 heterocycles. The standard InChI is InChI=1S/C31H25NO5/c1-20-7-9-22(10-8-20)16-29(34)25-17-24(28(33)15-21-5-3-2-4-6-21)18-26(19-25)30(35)32-27-13-11-23(12-14-27)31(36)37/h2-14,17-19H,15-16H2,1H3,(H,32,35)(H,36,37). The summed E-state index contributed by atoms with van der Waals surface area (Å²) in [4.78, 5) is 50.5. The number of carboxylic acids is 1. The molecule has 0 aliphatic carbocycles. The van der Waals surface area contributed by atoms with Gasteiger partial charge in [-0.1, -0.05) is 60.2 Å². The Morgan fingerprint density at radius 1 is 0.622 bits per heavy atom. The number of carbonyl (C=O) groups excluding carboxylic acids is 3. The van der Waals surface area contributed by atoms with Crippen LogP contribution < -0.4 is 5.32 Å². The van der Waals surface area contributed by atoms with Crippen LogP contribution in [0.3, 0.4) is 0 Å². The van der Waals surface area contributed by atoms with E-state index in [9.17, 15) is 19.2 Å². The highest BCUT2D eigenvalue weighted by molar-refractivity contribution is 6.10. The van der Waals surface area contributed by atoms with E-state index in [1.165, 1.54) is 36.4 Å². The van der Waals surface area contributed by atoms with E-state index in [0.717, 1.165) is 16.7 Å². The largest absolute Gasteiger partial charge is 0.478 e. The van der Waals surface area contributed by atoms with Crippen LogP contribution in [0.5, 0.6) is 0 Å². The van der Waals surface area contributed by atoms with Gasteiger partial charge in [0.1, 0.15) is 0 Å². The number of ketones is 2. The Kier molecular flexibility index (Phi) is 7.69. The van der Waals surface area contributed by atoms with E-state index in [-0.39, 0.29) is 46.7 Å². The van der Waals surface area contributed by atoms with Gasteiger partial charge in [0, 0.05) is 35.2 Å². The Labute approximate surface area is 214 Å². The zero-order valence-corrected chi connectivity index (χ0v) is 20.2. The molecule has 0 atom stereocenters. The van der Waals surface area contributed by atoms with Crippen molar-refractivity contribution in [2.75, 3.05) is 5.32 Å². The molecule has 0 radical (unpaired) electrons. The van der Waals surface area contributed by atoms with Crippen LogP contribution in [0.4, 0.5) is 5.69 Å². The first kappa shape index (κ1) is 25.3. The van der Waals surface area contributed by atoms with Crippen molar-refractivity contribution >= 4 is 29.1 Å². The number of amides is 1. The summed E-state index contributed by atoms with van der Waals surface area (Å²) >= 11 is 0. The molecule has 4 aromatic rings. The van der Waals surface area contributed by atoms with Crippen molar-refractivity contribution in [1.82, 2.24) is 0 Å². The lowest BCUT2D eigenvalue weighted by molar-refractivity contribution is 0.0696. The predicted octanol–water partition coefficient (Wildman–Crippen LogP) is 5.80. The first-order valence-electron chi connectivity index (χ1n) is 11.7. The Morgan fingerprint density at radius 2 is 1.14 bits per heavy atom. The molecule has 1 amide bonds. The highest BCUT2D eigenvalue weighted by Crippen LogP contribution is 2.19. The van der Waals surface area contributed by atoms with E-state index >= 15 is 0 Å². The molecule has 4 rings (SSSR count). The van der Waals surface area contributed by atoms with Crippen molar-refractivity contribution in [3.05, 3.63) is 136 Å². The number of carboxylic acid groups (broad SMARTS) is 1. The highest BCUT2D eigenvalue weighted by atomic mass is 16.4. The van der Waals surface area contributed by atoms with Gasteiger partial charge in [-0.25, -0.2) is 4.79 Å². The molecule has 2 N–H and O–H groups in total. The van der Waals surface area contributed by atoms with Gasteiger partial charge in [0.25, 0.3) is 5.91 Å². The van der Waals surface area contributed by atoms with Crippen LogP contribution in [-0.2, 0) is 12.8 Å². The SMILES string of the molecule is Cc1ccc(CC(=O)c2cc(C(=O)Cc3ccccc3)cc(C(=O)Nc3ccc(C(=O)O)cc3)c2)cc1. The van der Waals surface area contributed by atoms with Crippen LogP contribution in [-0.4, -0.2) is 28.5 Å². The van der Waals surface area contributed by atoms with Crippen LogP contribution in [0.15, 0.2) is 97.1 Å². The van der Waals surface area contributed by atoms with Crippen molar-refractivity contribution in [2.24, 2.45) is 0 Å². The summed E-state index contributed by atoms with van der Waals surface area (Å²) in [6.45, 7) is 1.97. The van der Waals surface area contributed by atoms with E-state index in [1.54, 1.807) is 6.07 Å². The Balaban J connectivity index is 1.63. The molecule has 6 nitrogen and oxygen atoms in total. The molecule has 184 valence electrons. The average molecular weight is 492 g/mol. The van der Waals surface area contributed by atoms with E-state index in [0.29, 0.717) is 5.69 Å². The van der Waals surface area contributed by atoms with Gasteiger partial charge in [-0.2, -0.15) is 0 Å². The lowest BCUT2D eigenvalue weighted by atomic mass is 9.95. The molecule has 0 spiro atoms. The zero-order chi connectivity index (χ0) is 26.4. The summed E-state index contributed by atoms with van der Waals surface area (Å²) in [7, 11) is 0. The van der Waals surface area contributed by atoms with Gasteiger partial charge < -0.3 is 10.4 Å². The predicted molar refractivity (Wildman–Crippen MR) is 141 cm³/mol. The van der Waals surface area contributed by atoms with Gasteiger partial charge in [0.2, 0.25) is 0 Å². The van der Waals surface area contributed by atoms with Gasteiger partial charge >= 0.3 is 5.97 Å². The number of rotatable bonds is 9. The van der Waals surface area contributed by atoms with Crippen molar-refractivity contribution < 1.29 is 24.3 Å². The maximum absolute atomic E-state index is 13.2. The number of nitrogens with one attached hydrogen (secondary N) is 1. The summed E-state index contributed by atoms with van der Waals surface area (Å²) in [6.07, 6.45) is 0.266. The molecule has 0 unspecified atom stereocenters. The van der Waals surface area contributed by atoms with Crippen molar-refractivity contribution in [3.8, 4) is 0 Å². The molecule has 0 saturated carbocycles. The number of anilines is 1. The third-order valence-corrected chi connectivity index (χ3v) is 5.92. The first-order valence-corrected chi connectivity index (χ1v) is 11.7. The number of aromatic carboxylic acids is 1. The number of aryl methyl sites for hydroxylation is 1. The van der Waals surface area contributed by atoms with Gasteiger partial charge in [-0.15, -0.1) is 0 Å². The summed E-state index contributed by atoms with van der Waals surface area (Å²) in [5, 5.41) is 11.8. The number of Topliss-reactive ketones (excluding diaryl/α,β-unsaturated/α-hetero) is 2. The second kappa shape index (κ2) is 11.3. The molecular formula is C31H25NO5. The molecule has 0 fully saturated rings.